The molecular weight excluding hydrogens is 264 g/mol. The van der Waals surface area contributed by atoms with Gasteiger partial charge in [0.05, 0.1) is 5.92 Å². The summed E-state index contributed by atoms with van der Waals surface area (Å²) in [7, 11) is -3.72. The van der Waals surface area contributed by atoms with Crippen LogP contribution >= 0.6 is 11.3 Å². The van der Waals surface area contributed by atoms with Crippen LogP contribution in [0.25, 0.3) is 0 Å². The third-order valence-corrected chi connectivity index (χ3v) is 4.86. The van der Waals surface area contributed by atoms with E-state index in [1.807, 2.05) is 6.07 Å². The average molecular weight is 274 g/mol. The Labute approximate surface area is 103 Å². The first-order chi connectivity index (χ1) is 7.86. The Morgan fingerprint density at radius 2 is 2.29 bits per heavy atom. The summed E-state index contributed by atoms with van der Waals surface area (Å²) in [5.74, 6) is -1.88. The molecule has 6 nitrogen and oxygen atoms in total. The Morgan fingerprint density at radius 3 is 2.76 bits per heavy atom. The van der Waals surface area contributed by atoms with E-state index in [9.17, 15) is 13.2 Å². The first-order valence-corrected chi connectivity index (χ1v) is 6.89. The Kier molecular flexibility index (Phi) is 4.22. The largest absolute Gasteiger partial charge is 0.481 e. The molecule has 0 aromatic carbocycles. The average Bonchev–Trinajstić information content (AvgIpc) is 2.75. The molecule has 0 amide bonds. The SMILES string of the molecule is CC(CNS(=O)(=O)c1ccc(C#N)s1)C(=O)O. The Balaban J connectivity index is 2.76. The van der Waals surface area contributed by atoms with Gasteiger partial charge in [-0.05, 0) is 12.1 Å². The maximum absolute atomic E-state index is 11.7. The van der Waals surface area contributed by atoms with Gasteiger partial charge in [0.15, 0.2) is 0 Å². The van der Waals surface area contributed by atoms with E-state index in [1.165, 1.54) is 19.1 Å². The van der Waals surface area contributed by atoms with E-state index in [2.05, 4.69) is 4.72 Å². The summed E-state index contributed by atoms with van der Waals surface area (Å²) in [5, 5.41) is 17.2. The molecule has 1 rings (SSSR count). The standard InChI is InChI=1S/C9H10N2O4S2/c1-6(9(12)13)5-11-17(14,15)8-3-2-7(4-10)16-8/h2-3,6,11H,5H2,1H3,(H,12,13). The molecule has 1 aromatic heterocycles. The maximum Gasteiger partial charge on any atom is 0.307 e. The number of thiophene rings is 1. The summed E-state index contributed by atoms with van der Waals surface area (Å²) < 4.78 is 25.6. The number of sulfonamides is 1. The minimum atomic E-state index is -3.72. The summed E-state index contributed by atoms with van der Waals surface area (Å²) in [6.45, 7) is 1.22. The number of nitrogens with zero attached hydrogens (tertiary/aromatic N) is 1. The van der Waals surface area contributed by atoms with Gasteiger partial charge in [0.2, 0.25) is 10.0 Å². The molecule has 8 heteroatoms. The van der Waals surface area contributed by atoms with Crippen LogP contribution in [0, 0.1) is 17.2 Å². The molecule has 0 saturated carbocycles. The Bertz CT molecular complexity index is 556. The van der Waals surface area contributed by atoms with Crippen molar-refractivity contribution in [1.29, 1.82) is 5.26 Å². The van der Waals surface area contributed by atoms with Gasteiger partial charge in [-0.1, -0.05) is 6.92 Å². The lowest BCUT2D eigenvalue weighted by Crippen LogP contribution is -2.31. The topological polar surface area (TPSA) is 107 Å². The van der Waals surface area contributed by atoms with Gasteiger partial charge in [0.1, 0.15) is 15.2 Å². The van der Waals surface area contributed by atoms with Crippen molar-refractivity contribution in [3.63, 3.8) is 0 Å². The molecule has 0 aliphatic heterocycles. The first-order valence-electron chi connectivity index (χ1n) is 4.59. The molecule has 1 unspecified atom stereocenters. The van der Waals surface area contributed by atoms with Crippen LogP contribution in [0.3, 0.4) is 0 Å². The molecule has 1 atom stereocenters. The molecule has 0 radical (unpaired) electrons. The van der Waals surface area contributed by atoms with Crippen molar-refractivity contribution in [2.24, 2.45) is 5.92 Å². The third kappa shape index (κ3) is 3.52. The number of carbonyl (C=O) groups is 1. The van der Waals surface area contributed by atoms with E-state index in [4.69, 9.17) is 10.4 Å². The number of hydrogen-bond acceptors (Lipinski definition) is 5. The summed E-state index contributed by atoms with van der Waals surface area (Å²) >= 11 is 0.841. The van der Waals surface area contributed by atoms with E-state index in [1.54, 1.807) is 0 Å². The molecule has 92 valence electrons. The predicted molar refractivity (Wildman–Crippen MR) is 61.0 cm³/mol. The zero-order chi connectivity index (χ0) is 13.1. The molecule has 2 N–H and O–H groups in total. The molecule has 0 fully saturated rings. The van der Waals surface area contributed by atoms with E-state index in [0.717, 1.165) is 11.3 Å². The highest BCUT2D eigenvalue weighted by molar-refractivity contribution is 7.91. The smallest absolute Gasteiger partial charge is 0.307 e. The van der Waals surface area contributed by atoms with Crippen molar-refractivity contribution in [2.45, 2.75) is 11.1 Å². The quantitative estimate of drug-likeness (QED) is 0.818. The van der Waals surface area contributed by atoms with E-state index >= 15 is 0 Å². The van der Waals surface area contributed by atoms with Crippen molar-refractivity contribution in [3.05, 3.63) is 17.0 Å². The fourth-order valence-corrected chi connectivity index (χ4v) is 3.20. The highest BCUT2D eigenvalue weighted by Crippen LogP contribution is 2.20. The second-order valence-corrected chi connectivity index (χ2v) is 6.40. The van der Waals surface area contributed by atoms with Gasteiger partial charge in [-0.3, -0.25) is 4.79 Å². The van der Waals surface area contributed by atoms with E-state index in [-0.39, 0.29) is 15.6 Å². The maximum atomic E-state index is 11.7. The van der Waals surface area contributed by atoms with Gasteiger partial charge >= 0.3 is 5.97 Å². The Hall–Kier alpha value is -1.43. The van der Waals surface area contributed by atoms with Crippen molar-refractivity contribution in [3.8, 4) is 6.07 Å². The number of nitriles is 1. The number of rotatable bonds is 5. The van der Waals surface area contributed by atoms with Gasteiger partial charge in [0, 0.05) is 6.54 Å². The minimum Gasteiger partial charge on any atom is -0.481 e. The molecule has 0 aliphatic rings. The van der Waals surface area contributed by atoms with Crippen molar-refractivity contribution in [1.82, 2.24) is 4.72 Å². The molecule has 0 saturated heterocycles. The van der Waals surface area contributed by atoms with Gasteiger partial charge < -0.3 is 5.11 Å². The molecule has 0 spiro atoms. The van der Waals surface area contributed by atoms with Crippen LogP contribution in [-0.2, 0) is 14.8 Å². The summed E-state index contributed by atoms with van der Waals surface area (Å²) in [4.78, 5) is 10.8. The van der Waals surface area contributed by atoms with Crippen LogP contribution in [0.4, 0.5) is 0 Å². The van der Waals surface area contributed by atoms with Crippen LogP contribution < -0.4 is 4.72 Å². The lowest BCUT2D eigenvalue weighted by Gasteiger charge is -2.07. The van der Waals surface area contributed by atoms with Crippen molar-refractivity contribution >= 4 is 27.3 Å². The summed E-state index contributed by atoms with van der Waals surface area (Å²) in [6, 6.07) is 4.55. The molecule has 1 heterocycles. The number of carboxylic acids is 1. The number of hydrogen-bond donors (Lipinski definition) is 2. The molecule has 0 bridgehead atoms. The highest BCUT2D eigenvalue weighted by atomic mass is 32.2. The lowest BCUT2D eigenvalue weighted by molar-refractivity contribution is -0.140. The van der Waals surface area contributed by atoms with Gasteiger partial charge in [-0.15, -0.1) is 11.3 Å². The number of aliphatic carboxylic acids is 1. The van der Waals surface area contributed by atoms with Crippen LogP contribution in [0.5, 0.6) is 0 Å². The number of nitrogens with one attached hydrogen (secondary N) is 1. The zero-order valence-electron chi connectivity index (χ0n) is 8.87. The fraction of sp³-hybridized carbons (Fsp3) is 0.333. The molecule has 17 heavy (non-hydrogen) atoms. The summed E-state index contributed by atoms with van der Waals surface area (Å²) in [5.41, 5.74) is 0. The molecule has 0 aliphatic carbocycles. The van der Waals surface area contributed by atoms with Crippen LogP contribution in [0.1, 0.15) is 11.8 Å². The van der Waals surface area contributed by atoms with Gasteiger partial charge in [0.25, 0.3) is 0 Å². The minimum absolute atomic E-state index is 0.00615. The second-order valence-electron chi connectivity index (χ2n) is 3.32. The molecule has 1 aromatic rings. The molecular formula is C9H10N2O4S2. The van der Waals surface area contributed by atoms with Crippen LogP contribution in [-0.4, -0.2) is 26.0 Å². The van der Waals surface area contributed by atoms with Crippen molar-refractivity contribution in [2.75, 3.05) is 6.54 Å². The third-order valence-electron chi connectivity index (χ3n) is 1.96. The van der Waals surface area contributed by atoms with Crippen molar-refractivity contribution < 1.29 is 18.3 Å². The van der Waals surface area contributed by atoms with E-state index < -0.39 is 21.9 Å². The lowest BCUT2D eigenvalue weighted by atomic mass is 10.2. The predicted octanol–water partition coefficient (Wildman–Crippen LogP) is 0.619. The van der Waals surface area contributed by atoms with Gasteiger partial charge in [-0.25, -0.2) is 13.1 Å². The van der Waals surface area contributed by atoms with Crippen LogP contribution in [0.2, 0.25) is 0 Å². The van der Waals surface area contributed by atoms with E-state index in [0.29, 0.717) is 0 Å². The van der Waals surface area contributed by atoms with Crippen LogP contribution in [0.15, 0.2) is 16.3 Å². The second kappa shape index (κ2) is 5.27. The zero-order valence-corrected chi connectivity index (χ0v) is 10.5. The highest BCUT2D eigenvalue weighted by Gasteiger charge is 2.19. The normalized spacial score (nSPS) is 12.9. The summed E-state index contributed by atoms with van der Waals surface area (Å²) in [6.07, 6.45) is 0. The first kappa shape index (κ1) is 13.6. The Morgan fingerprint density at radius 1 is 1.65 bits per heavy atom. The monoisotopic (exact) mass is 274 g/mol. The number of carboxylic acid groups (broad SMARTS) is 1. The van der Waals surface area contributed by atoms with Gasteiger partial charge in [-0.2, -0.15) is 5.26 Å². The fourth-order valence-electron chi connectivity index (χ4n) is 0.918.